The molecule has 1 aromatic carbocycles. The van der Waals surface area contributed by atoms with Crippen molar-refractivity contribution in [1.29, 1.82) is 0 Å². The van der Waals surface area contributed by atoms with E-state index < -0.39 is 11.9 Å². The van der Waals surface area contributed by atoms with Gasteiger partial charge in [-0.1, -0.05) is 6.07 Å². The summed E-state index contributed by atoms with van der Waals surface area (Å²) in [5.41, 5.74) is 0.962. The Morgan fingerprint density at radius 1 is 1.47 bits per heavy atom. The third kappa shape index (κ3) is 2.03. The first-order valence-corrected chi connectivity index (χ1v) is 4.58. The standard InChI is InChI=1S/C11H14O4/c1-6(11(13)14)8-4-5-9(15-3)7(2)10(8)12/h4-6,12H,1-3H3,(H,13,14). The van der Waals surface area contributed by atoms with E-state index in [1.807, 2.05) is 0 Å². The number of carboxylic acids is 1. The minimum absolute atomic E-state index is 0.00995. The maximum absolute atomic E-state index is 10.8. The molecule has 1 unspecified atom stereocenters. The van der Waals surface area contributed by atoms with Crippen LogP contribution in [0.3, 0.4) is 0 Å². The Kier molecular flexibility index (Phi) is 3.19. The molecule has 0 saturated heterocycles. The normalized spacial score (nSPS) is 12.2. The van der Waals surface area contributed by atoms with Crippen LogP contribution in [0.15, 0.2) is 12.1 Å². The molecule has 0 radical (unpaired) electrons. The minimum atomic E-state index is -0.963. The highest BCUT2D eigenvalue weighted by atomic mass is 16.5. The minimum Gasteiger partial charge on any atom is -0.507 e. The van der Waals surface area contributed by atoms with Crippen LogP contribution in [-0.2, 0) is 4.79 Å². The Morgan fingerprint density at radius 2 is 2.07 bits per heavy atom. The molecular formula is C11H14O4. The lowest BCUT2D eigenvalue weighted by Crippen LogP contribution is -2.08. The molecule has 82 valence electrons. The topological polar surface area (TPSA) is 66.8 Å². The van der Waals surface area contributed by atoms with Crippen molar-refractivity contribution >= 4 is 5.97 Å². The number of hydrogen-bond donors (Lipinski definition) is 2. The van der Waals surface area contributed by atoms with Gasteiger partial charge in [-0.05, 0) is 19.9 Å². The summed E-state index contributed by atoms with van der Waals surface area (Å²) < 4.78 is 5.01. The number of aliphatic carboxylic acids is 1. The lowest BCUT2D eigenvalue weighted by Gasteiger charge is -2.13. The second kappa shape index (κ2) is 4.21. The zero-order chi connectivity index (χ0) is 11.6. The molecule has 1 aromatic rings. The number of phenolic OH excluding ortho intramolecular Hbond substituents is 1. The Bertz CT molecular complexity index is 384. The summed E-state index contributed by atoms with van der Waals surface area (Å²) >= 11 is 0. The second-order valence-corrected chi connectivity index (χ2v) is 3.39. The van der Waals surface area contributed by atoms with E-state index in [0.717, 1.165) is 0 Å². The largest absolute Gasteiger partial charge is 0.507 e. The van der Waals surface area contributed by atoms with Crippen LogP contribution in [0.1, 0.15) is 24.0 Å². The van der Waals surface area contributed by atoms with E-state index in [2.05, 4.69) is 0 Å². The number of carbonyl (C=O) groups is 1. The van der Waals surface area contributed by atoms with Gasteiger partial charge < -0.3 is 14.9 Å². The molecule has 0 heterocycles. The molecule has 15 heavy (non-hydrogen) atoms. The first-order valence-electron chi connectivity index (χ1n) is 4.58. The van der Waals surface area contributed by atoms with E-state index in [9.17, 15) is 9.90 Å². The van der Waals surface area contributed by atoms with Crippen LogP contribution in [-0.4, -0.2) is 23.3 Å². The van der Waals surface area contributed by atoms with Gasteiger partial charge in [-0.15, -0.1) is 0 Å². The van der Waals surface area contributed by atoms with Gasteiger partial charge in [-0.3, -0.25) is 4.79 Å². The summed E-state index contributed by atoms with van der Waals surface area (Å²) in [5, 5.41) is 18.6. The number of hydrogen-bond acceptors (Lipinski definition) is 3. The van der Waals surface area contributed by atoms with Gasteiger partial charge in [0, 0.05) is 11.1 Å². The monoisotopic (exact) mass is 210 g/mol. The summed E-state index contributed by atoms with van der Waals surface area (Å²) in [7, 11) is 1.50. The van der Waals surface area contributed by atoms with E-state index in [-0.39, 0.29) is 5.75 Å². The van der Waals surface area contributed by atoms with E-state index >= 15 is 0 Å². The van der Waals surface area contributed by atoms with E-state index in [0.29, 0.717) is 16.9 Å². The Morgan fingerprint density at radius 3 is 2.53 bits per heavy atom. The number of rotatable bonds is 3. The third-order valence-corrected chi connectivity index (χ3v) is 2.47. The molecule has 0 amide bonds. The third-order valence-electron chi connectivity index (χ3n) is 2.47. The molecule has 2 N–H and O–H groups in total. The SMILES string of the molecule is COc1ccc(C(C)C(=O)O)c(O)c1C. The summed E-state index contributed by atoms with van der Waals surface area (Å²) in [6.45, 7) is 3.22. The molecule has 0 aliphatic rings. The molecule has 1 atom stereocenters. The molecule has 4 nitrogen and oxygen atoms in total. The fourth-order valence-electron chi connectivity index (χ4n) is 1.41. The summed E-state index contributed by atoms with van der Waals surface area (Å²) in [6.07, 6.45) is 0. The fraction of sp³-hybridized carbons (Fsp3) is 0.364. The number of benzene rings is 1. The summed E-state index contributed by atoms with van der Waals surface area (Å²) in [6, 6.07) is 3.23. The molecule has 0 aromatic heterocycles. The van der Waals surface area contributed by atoms with Gasteiger partial charge in [0.1, 0.15) is 11.5 Å². The van der Waals surface area contributed by atoms with Crippen molar-refractivity contribution in [2.24, 2.45) is 0 Å². The first kappa shape index (κ1) is 11.4. The molecule has 0 saturated carbocycles. The number of methoxy groups -OCH3 is 1. The lowest BCUT2D eigenvalue weighted by atomic mass is 9.97. The van der Waals surface area contributed by atoms with Gasteiger partial charge in [-0.2, -0.15) is 0 Å². The van der Waals surface area contributed by atoms with Crippen LogP contribution in [0, 0.1) is 6.92 Å². The van der Waals surface area contributed by atoms with Gasteiger partial charge >= 0.3 is 5.97 Å². The van der Waals surface area contributed by atoms with Crippen molar-refractivity contribution in [1.82, 2.24) is 0 Å². The van der Waals surface area contributed by atoms with Crippen molar-refractivity contribution in [2.75, 3.05) is 7.11 Å². The highest BCUT2D eigenvalue weighted by Gasteiger charge is 2.19. The molecule has 0 aliphatic carbocycles. The number of ether oxygens (including phenoxy) is 1. The van der Waals surface area contributed by atoms with Crippen molar-refractivity contribution in [3.8, 4) is 11.5 Å². The highest BCUT2D eigenvalue weighted by molar-refractivity contribution is 5.77. The molecule has 0 fully saturated rings. The predicted molar refractivity (Wildman–Crippen MR) is 55.4 cm³/mol. The van der Waals surface area contributed by atoms with Crippen molar-refractivity contribution in [3.05, 3.63) is 23.3 Å². The molecule has 1 rings (SSSR count). The Hall–Kier alpha value is -1.71. The fourth-order valence-corrected chi connectivity index (χ4v) is 1.41. The van der Waals surface area contributed by atoms with Crippen LogP contribution in [0.5, 0.6) is 11.5 Å². The molecule has 0 spiro atoms. The van der Waals surface area contributed by atoms with Gasteiger partial charge in [0.2, 0.25) is 0 Å². The lowest BCUT2D eigenvalue weighted by molar-refractivity contribution is -0.138. The average Bonchev–Trinajstić information content (AvgIpc) is 2.21. The Labute approximate surface area is 88.1 Å². The van der Waals surface area contributed by atoms with E-state index in [4.69, 9.17) is 9.84 Å². The maximum Gasteiger partial charge on any atom is 0.310 e. The van der Waals surface area contributed by atoms with Crippen molar-refractivity contribution in [3.63, 3.8) is 0 Å². The van der Waals surface area contributed by atoms with E-state index in [1.54, 1.807) is 19.1 Å². The Balaban J connectivity index is 3.23. The average molecular weight is 210 g/mol. The van der Waals surface area contributed by atoms with Crippen LogP contribution >= 0.6 is 0 Å². The summed E-state index contributed by atoms with van der Waals surface area (Å²) in [4.78, 5) is 10.8. The number of aromatic hydroxyl groups is 1. The molecule has 0 aliphatic heterocycles. The zero-order valence-electron chi connectivity index (χ0n) is 8.94. The number of carboxylic acid groups (broad SMARTS) is 1. The molecule has 0 bridgehead atoms. The van der Waals surface area contributed by atoms with Gasteiger partial charge in [0.25, 0.3) is 0 Å². The summed E-state index contributed by atoms with van der Waals surface area (Å²) in [5.74, 6) is -1.15. The zero-order valence-corrected chi connectivity index (χ0v) is 8.94. The van der Waals surface area contributed by atoms with Gasteiger partial charge in [0.05, 0.1) is 13.0 Å². The first-order chi connectivity index (χ1) is 6.99. The maximum atomic E-state index is 10.8. The number of phenols is 1. The smallest absolute Gasteiger partial charge is 0.310 e. The molecular weight excluding hydrogens is 196 g/mol. The highest BCUT2D eigenvalue weighted by Crippen LogP contribution is 2.34. The van der Waals surface area contributed by atoms with Gasteiger partial charge in [0.15, 0.2) is 0 Å². The van der Waals surface area contributed by atoms with Crippen molar-refractivity contribution < 1.29 is 19.7 Å². The van der Waals surface area contributed by atoms with Crippen LogP contribution in [0.25, 0.3) is 0 Å². The van der Waals surface area contributed by atoms with Crippen LogP contribution in [0.4, 0.5) is 0 Å². The van der Waals surface area contributed by atoms with Gasteiger partial charge in [-0.25, -0.2) is 0 Å². The van der Waals surface area contributed by atoms with Crippen LogP contribution in [0.2, 0.25) is 0 Å². The van der Waals surface area contributed by atoms with E-state index in [1.165, 1.54) is 14.0 Å². The quantitative estimate of drug-likeness (QED) is 0.799. The predicted octanol–water partition coefficient (Wildman–Crippen LogP) is 1.90. The second-order valence-electron chi connectivity index (χ2n) is 3.39. The van der Waals surface area contributed by atoms with Crippen LogP contribution < -0.4 is 4.74 Å². The van der Waals surface area contributed by atoms with Crippen molar-refractivity contribution in [2.45, 2.75) is 19.8 Å². The molecule has 4 heteroatoms.